The smallest absolute Gasteiger partial charge is 0.312 e. The van der Waals surface area contributed by atoms with Crippen molar-refractivity contribution in [2.75, 3.05) is 27.4 Å². The van der Waals surface area contributed by atoms with E-state index < -0.39 is 5.41 Å². The number of halogens is 1. The Hall–Kier alpha value is -2.73. The highest BCUT2D eigenvalue weighted by Gasteiger charge is 2.61. The highest BCUT2D eigenvalue weighted by Crippen LogP contribution is 2.64. The topological polar surface area (TPSA) is 65.1 Å². The van der Waals surface area contributed by atoms with Gasteiger partial charge in [0.1, 0.15) is 0 Å². The predicted octanol–water partition coefficient (Wildman–Crippen LogP) is 5.30. The molecule has 5 aliphatic rings. The van der Waals surface area contributed by atoms with Gasteiger partial charge in [0.05, 0.1) is 25.7 Å². The molecule has 1 amide bonds. The summed E-state index contributed by atoms with van der Waals surface area (Å²) in [5.74, 6) is 1.87. The van der Waals surface area contributed by atoms with Crippen molar-refractivity contribution >= 4 is 23.5 Å². The molecule has 4 fully saturated rings. The zero-order valence-corrected chi connectivity index (χ0v) is 22.3. The molecule has 5 atom stereocenters. The van der Waals surface area contributed by atoms with Crippen LogP contribution in [0.5, 0.6) is 11.5 Å². The fourth-order valence-corrected chi connectivity index (χ4v) is 8.65. The molecule has 1 aliphatic heterocycles. The number of fused-ring (bicyclic) bond motifs is 1. The van der Waals surface area contributed by atoms with Crippen LogP contribution in [0, 0.1) is 17.3 Å². The Morgan fingerprint density at radius 2 is 1.68 bits per heavy atom. The summed E-state index contributed by atoms with van der Waals surface area (Å²) < 4.78 is 16.9. The molecule has 4 saturated carbocycles. The lowest BCUT2D eigenvalue weighted by molar-refractivity contribution is -0.173. The van der Waals surface area contributed by atoms with Crippen LogP contribution in [0.3, 0.4) is 0 Å². The molecule has 0 N–H and O–H groups in total. The third-order valence-electron chi connectivity index (χ3n) is 9.06. The molecule has 196 valence electrons. The maximum Gasteiger partial charge on any atom is 0.312 e. The van der Waals surface area contributed by atoms with Crippen molar-refractivity contribution in [2.45, 2.75) is 55.9 Å². The van der Waals surface area contributed by atoms with Crippen LogP contribution in [0.2, 0.25) is 0 Å². The molecule has 2 aromatic carbocycles. The molecule has 6 nitrogen and oxygen atoms in total. The SMILES string of the molecule is COc1cc2c(cc1OC)[C@H](c1ccccc1)N(C(=O)COC(=O)C13C[C@@H]4C[C@@H](CC(Cl)(C4)C1)C3)CC2. The summed E-state index contributed by atoms with van der Waals surface area (Å²) in [5, 5.41) is 0. The second kappa shape index (κ2) is 9.23. The zero-order valence-electron chi connectivity index (χ0n) is 21.5. The van der Waals surface area contributed by atoms with Gasteiger partial charge in [-0.15, -0.1) is 11.6 Å². The number of amides is 1. The normalized spacial score (nSPS) is 31.5. The number of benzene rings is 2. The molecule has 0 aromatic heterocycles. The number of hydrogen-bond donors (Lipinski definition) is 0. The van der Waals surface area contributed by atoms with Gasteiger partial charge in [-0.1, -0.05) is 30.3 Å². The summed E-state index contributed by atoms with van der Waals surface area (Å²) in [5.41, 5.74) is 2.59. The second-order valence-corrected chi connectivity index (χ2v) is 12.3. The lowest BCUT2D eigenvalue weighted by atomic mass is 9.49. The number of hydrogen-bond acceptors (Lipinski definition) is 5. The van der Waals surface area contributed by atoms with Crippen LogP contribution < -0.4 is 9.47 Å². The van der Waals surface area contributed by atoms with E-state index in [0.29, 0.717) is 42.7 Å². The fourth-order valence-electron chi connectivity index (χ4n) is 7.96. The van der Waals surface area contributed by atoms with Crippen LogP contribution in [0.4, 0.5) is 0 Å². The molecule has 2 unspecified atom stereocenters. The maximum atomic E-state index is 13.6. The third kappa shape index (κ3) is 4.27. The van der Waals surface area contributed by atoms with Gasteiger partial charge in [-0.25, -0.2) is 0 Å². The Labute approximate surface area is 223 Å². The van der Waals surface area contributed by atoms with Crippen molar-refractivity contribution in [3.63, 3.8) is 0 Å². The Morgan fingerprint density at radius 1 is 1.00 bits per heavy atom. The van der Waals surface area contributed by atoms with Crippen molar-refractivity contribution in [1.29, 1.82) is 0 Å². The summed E-state index contributed by atoms with van der Waals surface area (Å²) in [4.78, 5) is 28.6. The third-order valence-corrected chi connectivity index (χ3v) is 9.50. The first-order valence-corrected chi connectivity index (χ1v) is 13.7. The second-order valence-electron chi connectivity index (χ2n) is 11.5. The maximum absolute atomic E-state index is 13.6. The number of nitrogens with zero attached hydrogens (tertiary/aromatic N) is 1. The highest BCUT2D eigenvalue weighted by molar-refractivity contribution is 6.24. The van der Waals surface area contributed by atoms with Gasteiger partial charge in [0.2, 0.25) is 0 Å². The van der Waals surface area contributed by atoms with Gasteiger partial charge in [0, 0.05) is 11.4 Å². The van der Waals surface area contributed by atoms with Crippen molar-refractivity contribution in [2.24, 2.45) is 17.3 Å². The van der Waals surface area contributed by atoms with Gasteiger partial charge in [-0.3, -0.25) is 9.59 Å². The van der Waals surface area contributed by atoms with E-state index in [0.717, 1.165) is 42.4 Å². The van der Waals surface area contributed by atoms with Gasteiger partial charge < -0.3 is 19.1 Å². The molecule has 7 rings (SSSR count). The van der Waals surface area contributed by atoms with Gasteiger partial charge in [-0.05, 0) is 85.6 Å². The molecule has 4 bridgehead atoms. The minimum Gasteiger partial charge on any atom is -0.493 e. The first kappa shape index (κ1) is 24.6. The Kier molecular flexibility index (Phi) is 6.14. The van der Waals surface area contributed by atoms with Gasteiger partial charge in [0.25, 0.3) is 5.91 Å². The molecule has 0 radical (unpaired) electrons. The van der Waals surface area contributed by atoms with Crippen LogP contribution in [0.25, 0.3) is 0 Å². The van der Waals surface area contributed by atoms with Crippen LogP contribution in [0.15, 0.2) is 42.5 Å². The highest BCUT2D eigenvalue weighted by atomic mass is 35.5. The quantitative estimate of drug-likeness (QED) is 0.380. The standard InChI is InChI=1S/C30H34ClNO5/c1-35-24-11-22-8-9-32(27(21-6-4-3-5-7-21)23(22)12-25(24)36-2)26(33)17-37-28(34)29-13-19-10-20(14-29)16-30(31,15-19)18-29/h3-7,11-12,19-20,27H,8-10,13-18H2,1-2H3/t19-,20+,27-,29?,30?/m0/s1. The zero-order chi connectivity index (χ0) is 25.8. The van der Waals surface area contributed by atoms with Crippen LogP contribution in [-0.2, 0) is 20.7 Å². The Bertz CT molecular complexity index is 1200. The van der Waals surface area contributed by atoms with E-state index in [2.05, 4.69) is 0 Å². The summed E-state index contributed by atoms with van der Waals surface area (Å²) in [6, 6.07) is 13.6. The van der Waals surface area contributed by atoms with E-state index in [1.54, 1.807) is 14.2 Å². The molecule has 0 spiro atoms. The summed E-state index contributed by atoms with van der Waals surface area (Å²) in [6.07, 6.45) is 6.21. The monoisotopic (exact) mass is 523 g/mol. The number of rotatable bonds is 6. The van der Waals surface area contributed by atoms with E-state index in [1.165, 1.54) is 6.42 Å². The number of esters is 1. The average molecular weight is 524 g/mol. The summed E-state index contributed by atoms with van der Waals surface area (Å²) in [6.45, 7) is 0.273. The van der Waals surface area contributed by atoms with E-state index >= 15 is 0 Å². The number of carbonyl (C=O) groups excluding carboxylic acids is 2. The molecule has 7 heteroatoms. The lowest BCUT2D eigenvalue weighted by Crippen LogP contribution is -2.56. The average Bonchev–Trinajstić information content (AvgIpc) is 2.89. The fraction of sp³-hybridized carbons (Fsp3) is 0.533. The van der Waals surface area contributed by atoms with E-state index in [9.17, 15) is 9.59 Å². The first-order chi connectivity index (χ1) is 17.8. The first-order valence-electron chi connectivity index (χ1n) is 13.3. The summed E-state index contributed by atoms with van der Waals surface area (Å²) in [7, 11) is 3.24. The van der Waals surface area contributed by atoms with Gasteiger partial charge in [0.15, 0.2) is 18.1 Å². The van der Waals surface area contributed by atoms with Crippen molar-refractivity contribution in [1.82, 2.24) is 4.90 Å². The lowest BCUT2D eigenvalue weighted by Gasteiger charge is -2.58. The van der Waals surface area contributed by atoms with Crippen LogP contribution >= 0.6 is 11.6 Å². The van der Waals surface area contributed by atoms with E-state index in [-0.39, 0.29) is 29.4 Å². The van der Waals surface area contributed by atoms with Crippen molar-refractivity contribution in [3.8, 4) is 11.5 Å². The van der Waals surface area contributed by atoms with Gasteiger partial charge >= 0.3 is 5.97 Å². The van der Waals surface area contributed by atoms with Crippen molar-refractivity contribution < 1.29 is 23.8 Å². The number of ether oxygens (including phenoxy) is 3. The minimum absolute atomic E-state index is 0.187. The van der Waals surface area contributed by atoms with E-state index in [4.69, 9.17) is 25.8 Å². The largest absolute Gasteiger partial charge is 0.493 e. The molecule has 37 heavy (non-hydrogen) atoms. The number of methoxy groups -OCH3 is 2. The van der Waals surface area contributed by atoms with Gasteiger partial charge in [-0.2, -0.15) is 0 Å². The Morgan fingerprint density at radius 3 is 2.32 bits per heavy atom. The number of alkyl halides is 1. The van der Waals surface area contributed by atoms with Crippen LogP contribution in [-0.4, -0.2) is 49.0 Å². The predicted molar refractivity (Wildman–Crippen MR) is 140 cm³/mol. The molecule has 2 aromatic rings. The van der Waals surface area contributed by atoms with E-state index in [1.807, 2.05) is 47.4 Å². The molecule has 4 aliphatic carbocycles. The molecular formula is C30H34ClNO5. The van der Waals surface area contributed by atoms with Crippen LogP contribution in [0.1, 0.15) is 61.3 Å². The number of carbonyl (C=O) groups is 2. The Balaban J connectivity index is 1.24. The minimum atomic E-state index is -0.524. The molecule has 1 heterocycles. The van der Waals surface area contributed by atoms with Crippen molar-refractivity contribution in [3.05, 3.63) is 59.2 Å². The molecular weight excluding hydrogens is 490 g/mol. The molecule has 0 saturated heterocycles. The summed E-state index contributed by atoms with van der Waals surface area (Å²) >= 11 is 6.93.